The van der Waals surface area contributed by atoms with E-state index in [0.717, 1.165) is 17.8 Å². The zero-order valence-electron chi connectivity index (χ0n) is 10.1. The summed E-state index contributed by atoms with van der Waals surface area (Å²) in [6, 6.07) is 6.88. The molecule has 1 aromatic heterocycles. The fourth-order valence-electron chi connectivity index (χ4n) is 1.51. The second-order valence-corrected chi connectivity index (χ2v) is 5.39. The predicted molar refractivity (Wildman–Crippen MR) is 64.2 cm³/mol. The molecule has 2 rings (SSSR count). The fourth-order valence-corrected chi connectivity index (χ4v) is 1.97. The summed E-state index contributed by atoms with van der Waals surface area (Å²) < 4.78 is 63.7. The van der Waals surface area contributed by atoms with Crippen molar-refractivity contribution in [1.82, 2.24) is 9.78 Å². The molecule has 1 aromatic carbocycles. The Balaban J connectivity index is 2.24. The van der Waals surface area contributed by atoms with Crippen LogP contribution in [-0.2, 0) is 17.2 Å². The van der Waals surface area contributed by atoms with Gasteiger partial charge in [-0.2, -0.15) is 26.7 Å². The second-order valence-electron chi connectivity index (χ2n) is 3.85. The van der Waals surface area contributed by atoms with Crippen molar-refractivity contribution in [1.29, 1.82) is 0 Å². The van der Waals surface area contributed by atoms with E-state index in [1.54, 1.807) is 24.0 Å². The number of aryl methyl sites for hydroxylation is 1. The first-order valence-corrected chi connectivity index (χ1v) is 6.71. The molecule has 0 bridgehead atoms. The first-order valence-electron chi connectivity index (χ1n) is 5.30. The van der Waals surface area contributed by atoms with Crippen molar-refractivity contribution in [2.75, 3.05) is 0 Å². The predicted octanol–water partition coefficient (Wildman–Crippen LogP) is 2.32. The van der Waals surface area contributed by atoms with Crippen LogP contribution in [0, 0.1) is 0 Å². The number of hydrogen-bond donors (Lipinski definition) is 0. The summed E-state index contributed by atoms with van der Waals surface area (Å²) >= 11 is 0. The third-order valence-corrected chi connectivity index (χ3v) is 3.44. The molecule has 0 fully saturated rings. The first-order chi connectivity index (χ1) is 9.21. The van der Waals surface area contributed by atoms with Crippen LogP contribution in [0.3, 0.4) is 0 Å². The highest BCUT2D eigenvalue weighted by Gasteiger charge is 2.48. The quantitative estimate of drug-likeness (QED) is 0.645. The molecule has 9 heteroatoms. The Morgan fingerprint density at radius 2 is 1.75 bits per heavy atom. The van der Waals surface area contributed by atoms with Crippen molar-refractivity contribution in [3.63, 3.8) is 0 Å². The van der Waals surface area contributed by atoms with E-state index in [1.165, 1.54) is 12.1 Å². The van der Waals surface area contributed by atoms with Crippen LogP contribution in [0.25, 0.3) is 11.3 Å². The molecule has 1 heterocycles. The van der Waals surface area contributed by atoms with Gasteiger partial charge in [0.15, 0.2) is 0 Å². The average Bonchev–Trinajstić information content (AvgIpc) is 2.74. The van der Waals surface area contributed by atoms with Gasteiger partial charge in [0, 0.05) is 18.8 Å². The third-order valence-electron chi connectivity index (χ3n) is 2.46. The van der Waals surface area contributed by atoms with Gasteiger partial charge in [-0.1, -0.05) is 0 Å². The van der Waals surface area contributed by atoms with E-state index in [4.69, 9.17) is 0 Å². The lowest BCUT2D eigenvalue weighted by molar-refractivity contribution is -0.0500. The molecule has 0 saturated heterocycles. The fraction of sp³-hybridized carbons (Fsp3) is 0.182. The number of halogens is 3. The van der Waals surface area contributed by atoms with Crippen LogP contribution in [0.1, 0.15) is 0 Å². The van der Waals surface area contributed by atoms with E-state index in [9.17, 15) is 21.6 Å². The van der Waals surface area contributed by atoms with Gasteiger partial charge in [-0.15, -0.1) is 0 Å². The molecular weight excluding hydrogens is 297 g/mol. The third kappa shape index (κ3) is 2.77. The van der Waals surface area contributed by atoms with Gasteiger partial charge in [0.2, 0.25) is 0 Å². The summed E-state index contributed by atoms with van der Waals surface area (Å²) in [6.45, 7) is 0. The number of rotatable bonds is 3. The molecule has 0 aliphatic rings. The van der Waals surface area contributed by atoms with E-state index in [-0.39, 0.29) is 0 Å². The topological polar surface area (TPSA) is 61.2 Å². The number of benzene rings is 1. The first kappa shape index (κ1) is 14.4. The van der Waals surface area contributed by atoms with E-state index in [0.29, 0.717) is 5.56 Å². The molecule has 0 aliphatic carbocycles. The summed E-state index contributed by atoms with van der Waals surface area (Å²) in [5, 5.41) is 3.95. The van der Waals surface area contributed by atoms with Gasteiger partial charge in [0.1, 0.15) is 5.75 Å². The normalized spacial score (nSPS) is 12.4. The lowest BCUT2D eigenvalue weighted by Crippen LogP contribution is -2.28. The molecule has 5 nitrogen and oxygen atoms in total. The second kappa shape index (κ2) is 4.82. The summed E-state index contributed by atoms with van der Waals surface area (Å²) in [5.74, 6) is -0.409. The standard InChI is InChI=1S/C11H9F3N2O3S/c1-16-10(6-7-15-16)8-2-4-9(5-3-8)19-20(17,18)11(12,13)14/h2-7H,1H3. The van der Waals surface area contributed by atoms with Crippen LogP contribution in [0.4, 0.5) is 13.2 Å². The zero-order chi connectivity index (χ0) is 15.0. The number of hydrogen-bond acceptors (Lipinski definition) is 4. The lowest BCUT2D eigenvalue weighted by Gasteiger charge is -2.09. The average molecular weight is 306 g/mol. The molecule has 0 atom stereocenters. The van der Waals surface area contributed by atoms with Crippen molar-refractivity contribution >= 4 is 10.1 Å². The highest BCUT2D eigenvalue weighted by atomic mass is 32.2. The smallest absolute Gasteiger partial charge is 0.376 e. The maximum atomic E-state index is 12.1. The molecule has 20 heavy (non-hydrogen) atoms. The Kier molecular flexibility index (Phi) is 3.46. The Morgan fingerprint density at radius 3 is 2.20 bits per heavy atom. The number of nitrogens with zero attached hydrogens (tertiary/aromatic N) is 2. The van der Waals surface area contributed by atoms with Crippen molar-refractivity contribution in [2.45, 2.75) is 5.51 Å². The van der Waals surface area contributed by atoms with Gasteiger partial charge in [0.25, 0.3) is 0 Å². The molecule has 0 unspecified atom stereocenters. The maximum absolute atomic E-state index is 12.1. The highest BCUT2D eigenvalue weighted by Crippen LogP contribution is 2.28. The van der Waals surface area contributed by atoms with Crippen LogP contribution < -0.4 is 4.18 Å². The largest absolute Gasteiger partial charge is 0.534 e. The minimum atomic E-state index is -5.64. The van der Waals surface area contributed by atoms with E-state index in [1.807, 2.05) is 0 Å². The van der Waals surface area contributed by atoms with E-state index >= 15 is 0 Å². The van der Waals surface area contributed by atoms with Gasteiger partial charge >= 0.3 is 15.6 Å². The van der Waals surface area contributed by atoms with Gasteiger partial charge in [-0.25, -0.2) is 0 Å². The molecule has 0 saturated carbocycles. The van der Waals surface area contributed by atoms with Gasteiger partial charge in [-0.3, -0.25) is 4.68 Å². The summed E-state index contributed by atoms with van der Waals surface area (Å²) in [4.78, 5) is 0. The van der Waals surface area contributed by atoms with E-state index in [2.05, 4.69) is 9.28 Å². The lowest BCUT2D eigenvalue weighted by atomic mass is 10.1. The monoisotopic (exact) mass is 306 g/mol. The SMILES string of the molecule is Cn1nccc1-c1ccc(OS(=O)(=O)C(F)(F)F)cc1. The van der Waals surface area contributed by atoms with Gasteiger partial charge in [0.05, 0.1) is 5.69 Å². The van der Waals surface area contributed by atoms with Gasteiger partial charge in [-0.05, 0) is 30.3 Å². The van der Waals surface area contributed by atoms with Crippen LogP contribution >= 0.6 is 0 Å². The van der Waals surface area contributed by atoms with Crippen molar-refractivity contribution in [3.05, 3.63) is 36.5 Å². The molecular formula is C11H9F3N2O3S. The van der Waals surface area contributed by atoms with Crippen LogP contribution in [0.15, 0.2) is 36.5 Å². The van der Waals surface area contributed by atoms with Crippen molar-refractivity contribution in [2.24, 2.45) is 7.05 Å². The summed E-state index contributed by atoms with van der Waals surface area (Å²) in [5.41, 5.74) is -4.05. The Morgan fingerprint density at radius 1 is 1.15 bits per heavy atom. The van der Waals surface area contributed by atoms with Crippen LogP contribution in [-0.4, -0.2) is 23.7 Å². The zero-order valence-corrected chi connectivity index (χ0v) is 10.9. The molecule has 0 radical (unpaired) electrons. The Hall–Kier alpha value is -2.03. The van der Waals surface area contributed by atoms with Crippen molar-refractivity contribution < 1.29 is 25.8 Å². The molecule has 108 valence electrons. The van der Waals surface area contributed by atoms with Gasteiger partial charge < -0.3 is 4.18 Å². The highest BCUT2D eigenvalue weighted by molar-refractivity contribution is 7.87. The number of aromatic nitrogens is 2. The van der Waals surface area contributed by atoms with E-state index < -0.39 is 21.4 Å². The molecule has 0 N–H and O–H groups in total. The van der Waals surface area contributed by atoms with Crippen LogP contribution in [0.2, 0.25) is 0 Å². The summed E-state index contributed by atoms with van der Waals surface area (Å²) in [6.07, 6.45) is 1.56. The Bertz CT molecular complexity index is 705. The maximum Gasteiger partial charge on any atom is 0.534 e. The Labute approximate surface area is 112 Å². The minimum Gasteiger partial charge on any atom is -0.376 e. The minimum absolute atomic E-state index is 0.409. The molecule has 0 aliphatic heterocycles. The molecule has 2 aromatic rings. The van der Waals surface area contributed by atoms with Crippen LogP contribution in [0.5, 0.6) is 5.75 Å². The summed E-state index contributed by atoms with van der Waals surface area (Å²) in [7, 11) is -3.94. The van der Waals surface area contributed by atoms with Crippen molar-refractivity contribution in [3.8, 4) is 17.0 Å². The molecule has 0 amide bonds. The number of alkyl halides is 3. The molecule has 0 spiro atoms.